The molecular weight excluding hydrogens is 419 g/mol. The summed E-state index contributed by atoms with van der Waals surface area (Å²) in [7, 11) is 2.71. The number of hydrogen-bond donors (Lipinski definition) is 4. The van der Waals surface area contributed by atoms with Crippen molar-refractivity contribution >= 4 is 35.1 Å². The smallest absolute Gasteiger partial charge is 0.272 e. The Bertz CT molecular complexity index is 1090. The average molecular weight is 444 g/mol. The van der Waals surface area contributed by atoms with Gasteiger partial charge in [0.15, 0.2) is 0 Å². The maximum Gasteiger partial charge on any atom is 0.272 e. The van der Waals surface area contributed by atoms with E-state index < -0.39 is 17.8 Å². The van der Waals surface area contributed by atoms with Crippen LogP contribution in [0, 0.1) is 19.7 Å². The molecule has 10 heteroatoms. The SMILES string of the molecule is CONC(=O)[C@H](CCNC(=O)c1c(C)[nH]c(/C=C2\C(=O)Nc3ccc(F)cc32)c1C)OC. The minimum Gasteiger partial charge on any atom is -0.371 e. The lowest BCUT2D eigenvalue weighted by Gasteiger charge is -2.14. The number of fused-ring (bicyclic) bond motifs is 1. The Balaban J connectivity index is 1.76. The van der Waals surface area contributed by atoms with Crippen LogP contribution in [0.1, 0.15) is 39.3 Å². The number of carbonyl (C=O) groups excluding carboxylic acids is 3. The minimum absolute atomic E-state index is 0.198. The van der Waals surface area contributed by atoms with Crippen molar-refractivity contribution in [2.75, 3.05) is 26.1 Å². The molecule has 32 heavy (non-hydrogen) atoms. The first kappa shape index (κ1) is 23.2. The summed E-state index contributed by atoms with van der Waals surface area (Å²) < 4.78 is 18.8. The molecular formula is C22H25FN4O5. The van der Waals surface area contributed by atoms with Crippen LogP contribution in [0.4, 0.5) is 10.1 Å². The first-order chi connectivity index (χ1) is 15.3. The van der Waals surface area contributed by atoms with Crippen molar-refractivity contribution < 1.29 is 28.3 Å². The number of rotatable bonds is 8. The van der Waals surface area contributed by atoms with Gasteiger partial charge in [-0.05, 0) is 43.7 Å². The highest BCUT2D eigenvalue weighted by atomic mass is 19.1. The summed E-state index contributed by atoms with van der Waals surface area (Å²) in [6, 6.07) is 4.08. The van der Waals surface area contributed by atoms with Crippen molar-refractivity contribution in [3.05, 3.63) is 52.1 Å². The quantitative estimate of drug-likeness (QED) is 0.367. The number of carbonyl (C=O) groups is 3. The molecule has 1 aliphatic heterocycles. The number of halogens is 1. The Morgan fingerprint density at radius 2 is 2.00 bits per heavy atom. The standard InChI is InChI=1S/C22H25FN4O5/c1-11-17(10-15-14-9-13(23)5-6-16(14)26-20(15)28)25-12(2)19(11)22(30)24-8-7-18(31-3)21(29)27-32-4/h5-6,9-10,18,25H,7-8H2,1-4H3,(H,24,30)(H,26,28)(H,27,29)/b15-10-/t18-/m0/s1. The topological polar surface area (TPSA) is 122 Å². The van der Waals surface area contributed by atoms with Crippen molar-refractivity contribution in [1.82, 2.24) is 15.8 Å². The molecule has 1 aromatic carbocycles. The van der Waals surface area contributed by atoms with Gasteiger partial charge in [0, 0.05) is 42.7 Å². The van der Waals surface area contributed by atoms with Crippen molar-refractivity contribution in [1.29, 1.82) is 0 Å². The lowest BCUT2D eigenvalue weighted by atomic mass is 10.0. The summed E-state index contributed by atoms with van der Waals surface area (Å²) in [6.07, 6.45) is 1.08. The van der Waals surface area contributed by atoms with Crippen LogP contribution in [0.5, 0.6) is 0 Å². The van der Waals surface area contributed by atoms with Gasteiger partial charge in [-0.2, -0.15) is 0 Å². The molecule has 0 unspecified atom stereocenters. The molecule has 0 spiro atoms. The van der Waals surface area contributed by atoms with E-state index in [1.165, 1.54) is 32.4 Å². The number of benzene rings is 1. The first-order valence-corrected chi connectivity index (χ1v) is 9.92. The maximum absolute atomic E-state index is 13.7. The highest BCUT2D eigenvalue weighted by Crippen LogP contribution is 2.34. The highest BCUT2D eigenvalue weighted by Gasteiger charge is 2.26. The number of hydrogen-bond acceptors (Lipinski definition) is 5. The fourth-order valence-electron chi connectivity index (χ4n) is 3.63. The van der Waals surface area contributed by atoms with Gasteiger partial charge in [-0.15, -0.1) is 0 Å². The maximum atomic E-state index is 13.7. The van der Waals surface area contributed by atoms with Crippen LogP contribution in [-0.2, 0) is 19.2 Å². The van der Waals surface area contributed by atoms with E-state index in [4.69, 9.17) is 4.74 Å². The van der Waals surface area contributed by atoms with Crippen molar-refractivity contribution in [2.24, 2.45) is 0 Å². The number of aromatic nitrogens is 1. The Morgan fingerprint density at radius 3 is 2.69 bits per heavy atom. The zero-order valence-corrected chi connectivity index (χ0v) is 18.2. The monoisotopic (exact) mass is 444 g/mol. The predicted molar refractivity (Wildman–Crippen MR) is 116 cm³/mol. The van der Waals surface area contributed by atoms with Gasteiger partial charge in [-0.1, -0.05) is 0 Å². The molecule has 170 valence electrons. The summed E-state index contributed by atoms with van der Waals surface area (Å²) in [5.74, 6) is -1.56. The molecule has 1 aliphatic rings. The third-order valence-electron chi connectivity index (χ3n) is 5.23. The van der Waals surface area contributed by atoms with E-state index in [-0.39, 0.29) is 24.8 Å². The Kier molecular flexibility index (Phi) is 7.06. The normalized spacial score (nSPS) is 14.8. The van der Waals surface area contributed by atoms with Crippen LogP contribution in [0.25, 0.3) is 11.6 Å². The molecule has 0 fully saturated rings. The van der Waals surface area contributed by atoms with Crippen molar-refractivity contribution in [2.45, 2.75) is 26.4 Å². The Hall–Kier alpha value is -3.50. The summed E-state index contributed by atoms with van der Waals surface area (Å²) in [6.45, 7) is 3.70. The molecule has 0 bridgehead atoms. The van der Waals surface area contributed by atoms with Gasteiger partial charge < -0.3 is 20.4 Å². The third-order valence-corrected chi connectivity index (χ3v) is 5.23. The largest absolute Gasteiger partial charge is 0.371 e. The van der Waals surface area contributed by atoms with E-state index in [0.717, 1.165) is 0 Å². The highest BCUT2D eigenvalue weighted by molar-refractivity contribution is 6.34. The number of amides is 3. The number of ether oxygens (including phenoxy) is 1. The van der Waals surface area contributed by atoms with Crippen LogP contribution in [-0.4, -0.2) is 49.6 Å². The second kappa shape index (κ2) is 9.75. The molecule has 3 amide bonds. The average Bonchev–Trinajstić information content (AvgIpc) is 3.20. The van der Waals surface area contributed by atoms with Gasteiger partial charge in [0.1, 0.15) is 11.9 Å². The third kappa shape index (κ3) is 4.71. The zero-order valence-electron chi connectivity index (χ0n) is 18.2. The molecule has 3 rings (SSSR count). The molecule has 0 saturated carbocycles. The van der Waals surface area contributed by atoms with Gasteiger partial charge in [-0.25, -0.2) is 9.87 Å². The molecule has 1 aromatic heterocycles. The Labute approximate surface area is 184 Å². The van der Waals surface area contributed by atoms with Crippen LogP contribution in [0.3, 0.4) is 0 Å². The van der Waals surface area contributed by atoms with Gasteiger partial charge in [0.2, 0.25) is 0 Å². The van der Waals surface area contributed by atoms with E-state index in [2.05, 4.69) is 25.9 Å². The molecule has 4 N–H and O–H groups in total. The number of H-pyrrole nitrogens is 1. The zero-order chi connectivity index (χ0) is 23.4. The summed E-state index contributed by atoms with van der Waals surface area (Å²) in [5, 5.41) is 5.47. The number of anilines is 1. The van der Waals surface area contributed by atoms with E-state index >= 15 is 0 Å². The van der Waals surface area contributed by atoms with Gasteiger partial charge in [-0.3, -0.25) is 19.2 Å². The van der Waals surface area contributed by atoms with Crippen LogP contribution in [0.2, 0.25) is 0 Å². The number of methoxy groups -OCH3 is 1. The first-order valence-electron chi connectivity index (χ1n) is 9.92. The number of aryl methyl sites for hydroxylation is 1. The molecule has 1 atom stereocenters. The fraction of sp³-hybridized carbons (Fsp3) is 0.318. The minimum atomic E-state index is -0.773. The van der Waals surface area contributed by atoms with E-state index in [1.54, 1.807) is 19.9 Å². The Morgan fingerprint density at radius 1 is 1.25 bits per heavy atom. The summed E-state index contributed by atoms with van der Waals surface area (Å²) >= 11 is 0. The second-order valence-corrected chi connectivity index (χ2v) is 7.31. The van der Waals surface area contributed by atoms with E-state index in [1.807, 2.05) is 0 Å². The molecule has 2 aromatic rings. The fourth-order valence-corrected chi connectivity index (χ4v) is 3.63. The van der Waals surface area contributed by atoms with Crippen LogP contribution >= 0.6 is 0 Å². The van der Waals surface area contributed by atoms with Crippen LogP contribution < -0.4 is 16.1 Å². The van der Waals surface area contributed by atoms with Crippen molar-refractivity contribution in [3.63, 3.8) is 0 Å². The molecule has 0 radical (unpaired) electrons. The molecule has 0 saturated heterocycles. The molecule has 9 nitrogen and oxygen atoms in total. The summed E-state index contributed by atoms with van der Waals surface area (Å²) in [4.78, 5) is 44.6. The van der Waals surface area contributed by atoms with Crippen molar-refractivity contribution in [3.8, 4) is 0 Å². The number of hydroxylamine groups is 1. The van der Waals surface area contributed by atoms with Gasteiger partial charge in [0.05, 0.1) is 18.2 Å². The molecule has 2 heterocycles. The number of nitrogens with one attached hydrogen (secondary N) is 4. The summed E-state index contributed by atoms with van der Waals surface area (Å²) in [5.41, 5.74) is 5.77. The van der Waals surface area contributed by atoms with E-state index in [0.29, 0.717) is 39.3 Å². The van der Waals surface area contributed by atoms with Crippen LogP contribution in [0.15, 0.2) is 18.2 Å². The predicted octanol–water partition coefficient (Wildman–Crippen LogP) is 2.08. The van der Waals surface area contributed by atoms with Gasteiger partial charge in [0.25, 0.3) is 17.7 Å². The lowest BCUT2D eigenvalue weighted by molar-refractivity contribution is -0.142. The molecule has 0 aliphatic carbocycles. The number of aromatic amines is 1. The lowest BCUT2D eigenvalue weighted by Crippen LogP contribution is -2.38. The second-order valence-electron chi connectivity index (χ2n) is 7.31. The van der Waals surface area contributed by atoms with Gasteiger partial charge >= 0.3 is 0 Å². The van der Waals surface area contributed by atoms with E-state index in [9.17, 15) is 18.8 Å².